The molecule has 17 heavy (non-hydrogen) atoms. The van der Waals surface area contributed by atoms with Crippen molar-refractivity contribution in [2.24, 2.45) is 0 Å². The number of ketones is 1. The molecule has 0 aliphatic rings. The van der Waals surface area contributed by atoms with Gasteiger partial charge < -0.3 is 9.26 Å². The summed E-state index contributed by atoms with van der Waals surface area (Å²) in [6, 6.07) is 9.15. The molecule has 1 heterocycles. The van der Waals surface area contributed by atoms with Gasteiger partial charge in [-0.05, 0) is 19.1 Å². The molecule has 0 bridgehead atoms. The zero-order chi connectivity index (χ0) is 12.3. The number of hydrogen-bond acceptors (Lipinski definition) is 4. The first-order valence-electron chi connectivity index (χ1n) is 5.42. The number of ether oxygens (including phenoxy) is 1. The molecule has 0 radical (unpaired) electrons. The van der Waals surface area contributed by atoms with Crippen LogP contribution >= 0.6 is 0 Å². The van der Waals surface area contributed by atoms with Gasteiger partial charge in [0, 0.05) is 18.6 Å². The Kier molecular flexibility index (Phi) is 3.23. The van der Waals surface area contributed by atoms with E-state index in [-0.39, 0.29) is 11.5 Å². The van der Waals surface area contributed by atoms with Crippen LogP contribution in [0.2, 0.25) is 0 Å². The van der Waals surface area contributed by atoms with Gasteiger partial charge in [-0.15, -0.1) is 0 Å². The highest BCUT2D eigenvalue weighted by Crippen LogP contribution is 2.29. The first-order valence-corrected chi connectivity index (χ1v) is 5.42. The van der Waals surface area contributed by atoms with Gasteiger partial charge in [0.15, 0.2) is 5.78 Å². The maximum absolute atomic E-state index is 11.1. The maximum Gasteiger partial charge on any atom is 0.202 e. The van der Waals surface area contributed by atoms with Crippen LogP contribution in [0.25, 0.3) is 11.3 Å². The summed E-state index contributed by atoms with van der Waals surface area (Å²) in [5.74, 6) is 0.849. The molecule has 0 fully saturated rings. The summed E-state index contributed by atoms with van der Waals surface area (Å²) in [6.45, 7) is 3.94. The largest absolute Gasteiger partial charge is 0.493 e. The third-order valence-electron chi connectivity index (χ3n) is 2.32. The molecule has 0 aliphatic heterocycles. The summed E-state index contributed by atoms with van der Waals surface area (Å²) in [7, 11) is 0. The van der Waals surface area contributed by atoms with E-state index >= 15 is 0 Å². The van der Waals surface area contributed by atoms with Crippen LogP contribution < -0.4 is 4.74 Å². The summed E-state index contributed by atoms with van der Waals surface area (Å²) >= 11 is 0. The molecule has 1 aromatic carbocycles. The molecule has 88 valence electrons. The lowest BCUT2D eigenvalue weighted by atomic mass is 10.1. The van der Waals surface area contributed by atoms with Crippen molar-refractivity contribution >= 4 is 5.78 Å². The monoisotopic (exact) mass is 231 g/mol. The lowest BCUT2D eigenvalue weighted by Gasteiger charge is -2.06. The molecular formula is C13H13NO3. The van der Waals surface area contributed by atoms with Crippen LogP contribution in [0, 0.1) is 0 Å². The molecule has 0 saturated carbocycles. The molecule has 4 heteroatoms. The number of aromatic nitrogens is 1. The van der Waals surface area contributed by atoms with Gasteiger partial charge in [0.2, 0.25) is 5.76 Å². The summed E-state index contributed by atoms with van der Waals surface area (Å²) in [5.41, 5.74) is 1.44. The van der Waals surface area contributed by atoms with Crippen molar-refractivity contribution in [3.63, 3.8) is 0 Å². The van der Waals surface area contributed by atoms with Crippen LogP contribution in [0.1, 0.15) is 24.4 Å². The van der Waals surface area contributed by atoms with E-state index in [1.165, 1.54) is 6.92 Å². The molecule has 2 aromatic rings. The zero-order valence-electron chi connectivity index (χ0n) is 9.77. The number of carbonyl (C=O) groups excluding carboxylic acids is 1. The minimum absolute atomic E-state index is 0.141. The molecular weight excluding hydrogens is 218 g/mol. The van der Waals surface area contributed by atoms with Gasteiger partial charge in [0.25, 0.3) is 0 Å². The highest BCUT2D eigenvalue weighted by Gasteiger charge is 2.13. The molecule has 0 aliphatic carbocycles. The van der Waals surface area contributed by atoms with E-state index in [2.05, 4.69) is 5.16 Å². The van der Waals surface area contributed by atoms with Crippen LogP contribution in [-0.2, 0) is 0 Å². The summed E-state index contributed by atoms with van der Waals surface area (Å²) < 4.78 is 10.5. The predicted octanol–water partition coefficient (Wildman–Crippen LogP) is 2.94. The summed E-state index contributed by atoms with van der Waals surface area (Å²) in [5, 5.41) is 3.87. The molecule has 0 N–H and O–H groups in total. The fourth-order valence-electron chi connectivity index (χ4n) is 1.53. The minimum Gasteiger partial charge on any atom is -0.493 e. The van der Waals surface area contributed by atoms with E-state index in [1.54, 1.807) is 6.07 Å². The normalized spacial score (nSPS) is 10.2. The van der Waals surface area contributed by atoms with Crippen LogP contribution in [0.3, 0.4) is 0 Å². The van der Waals surface area contributed by atoms with Gasteiger partial charge in [-0.3, -0.25) is 4.79 Å². The fourth-order valence-corrected chi connectivity index (χ4v) is 1.53. The van der Waals surface area contributed by atoms with Crippen LogP contribution in [0.15, 0.2) is 34.9 Å². The van der Waals surface area contributed by atoms with Crippen molar-refractivity contribution in [1.29, 1.82) is 0 Å². The average molecular weight is 231 g/mol. The van der Waals surface area contributed by atoms with Crippen molar-refractivity contribution in [2.75, 3.05) is 6.61 Å². The summed E-state index contributed by atoms with van der Waals surface area (Å²) in [6.07, 6.45) is 0. The second-order valence-corrected chi connectivity index (χ2v) is 3.56. The van der Waals surface area contributed by atoms with Gasteiger partial charge >= 0.3 is 0 Å². The Morgan fingerprint density at radius 2 is 2.18 bits per heavy atom. The standard InChI is InChI=1S/C13H13NO3/c1-3-16-12-7-5-4-6-10(12)11-8-13(9(2)15)17-14-11/h4-8H,3H2,1-2H3. The highest BCUT2D eigenvalue weighted by atomic mass is 16.5. The Bertz CT molecular complexity index is 531. The number of rotatable bonds is 4. The molecule has 1 aromatic heterocycles. The summed E-state index contributed by atoms with van der Waals surface area (Å²) in [4.78, 5) is 11.1. The van der Waals surface area contributed by atoms with Crippen molar-refractivity contribution in [3.8, 4) is 17.0 Å². The third kappa shape index (κ3) is 2.36. The lowest BCUT2D eigenvalue weighted by Crippen LogP contribution is -1.93. The van der Waals surface area contributed by atoms with E-state index in [9.17, 15) is 4.79 Å². The average Bonchev–Trinajstić information content (AvgIpc) is 2.79. The Balaban J connectivity index is 2.41. The number of nitrogens with zero attached hydrogens (tertiary/aromatic N) is 1. The smallest absolute Gasteiger partial charge is 0.202 e. The SMILES string of the molecule is CCOc1ccccc1-c1cc(C(C)=O)on1. The van der Waals surface area contributed by atoms with E-state index < -0.39 is 0 Å². The number of carbonyl (C=O) groups is 1. The molecule has 0 atom stereocenters. The Hall–Kier alpha value is -2.10. The van der Waals surface area contributed by atoms with Gasteiger partial charge in [-0.2, -0.15) is 0 Å². The molecule has 0 spiro atoms. The Morgan fingerprint density at radius 3 is 2.82 bits per heavy atom. The number of benzene rings is 1. The van der Waals surface area contributed by atoms with E-state index in [0.29, 0.717) is 12.3 Å². The molecule has 0 amide bonds. The molecule has 2 rings (SSSR count). The zero-order valence-corrected chi connectivity index (χ0v) is 9.77. The van der Waals surface area contributed by atoms with Gasteiger partial charge in [0.05, 0.1) is 6.61 Å². The highest BCUT2D eigenvalue weighted by molar-refractivity contribution is 5.92. The van der Waals surface area contributed by atoms with Crippen molar-refractivity contribution in [3.05, 3.63) is 36.1 Å². The van der Waals surface area contributed by atoms with E-state index in [4.69, 9.17) is 9.26 Å². The molecule has 0 unspecified atom stereocenters. The van der Waals surface area contributed by atoms with Gasteiger partial charge in [0.1, 0.15) is 11.4 Å². The van der Waals surface area contributed by atoms with Crippen LogP contribution in [-0.4, -0.2) is 17.5 Å². The predicted molar refractivity (Wildman–Crippen MR) is 63.1 cm³/mol. The number of para-hydroxylation sites is 1. The van der Waals surface area contributed by atoms with Gasteiger partial charge in [-0.1, -0.05) is 17.3 Å². The Morgan fingerprint density at radius 1 is 1.41 bits per heavy atom. The fraction of sp³-hybridized carbons (Fsp3) is 0.231. The van der Waals surface area contributed by atoms with Gasteiger partial charge in [-0.25, -0.2) is 0 Å². The lowest BCUT2D eigenvalue weighted by molar-refractivity contribution is 0.0978. The first kappa shape index (κ1) is 11.4. The molecule has 0 saturated heterocycles. The molecule has 4 nitrogen and oxygen atoms in total. The van der Waals surface area contributed by atoms with Crippen LogP contribution in [0.4, 0.5) is 0 Å². The van der Waals surface area contributed by atoms with Crippen molar-refractivity contribution in [1.82, 2.24) is 5.16 Å². The van der Waals surface area contributed by atoms with E-state index in [1.807, 2.05) is 31.2 Å². The quantitative estimate of drug-likeness (QED) is 0.759. The number of hydrogen-bond donors (Lipinski definition) is 0. The van der Waals surface area contributed by atoms with Crippen molar-refractivity contribution < 1.29 is 14.1 Å². The van der Waals surface area contributed by atoms with E-state index in [0.717, 1.165) is 11.3 Å². The topological polar surface area (TPSA) is 52.3 Å². The van der Waals surface area contributed by atoms with Crippen LogP contribution in [0.5, 0.6) is 5.75 Å². The Labute approximate surface area is 99.2 Å². The second-order valence-electron chi connectivity index (χ2n) is 3.56. The maximum atomic E-state index is 11.1. The minimum atomic E-state index is -0.141. The second kappa shape index (κ2) is 4.82. The van der Waals surface area contributed by atoms with Crippen molar-refractivity contribution in [2.45, 2.75) is 13.8 Å². The first-order chi connectivity index (χ1) is 8.22. The third-order valence-corrected chi connectivity index (χ3v) is 2.32. The number of Topliss-reactive ketones (excluding diaryl/α,β-unsaturated/α-hetero) is 1.